The third-order valence-electron chi connectivity index (χ3n) is 6.41. The summed E-state index contributed by atoms with van der Waals surface area (Å²) >= 11 is 0. The summed E-state index contributed by atoms with van der Waals surface area (Å²) in [5.41, 5.74) is 4.98. The molecule has 0 unspecified atom stereocenters. The summed E-state index contributed by atoms with van der Waals surface area (Å²) in [6.45, 7) is 4.30. The number of esters is 1. The normalized spacial score (nSPS) is 14.2. The molecule has 0 aliphatic heterocycles. The minimum absolute atomic E-state index is 0.134. The number of carbonyl (C=O) groups is 2. The molecule has 0 atom stereocenters. The van der Waals surface area contributed by atoms with Gasteiger partial charge in [-0.25, -0.2) is 4.98 Å². The fourth-order valence-electron chi connectivity index (χ4n) is 3.91. The Kier molecular flexibility index (Phi) is 6.45. The van der Waals surface area contributed by atoms with Crippen molar-refractivity contribution < 1.29 is 19.1 Å². The number of aryl methyl sites for hydroxylation is 2. The molecule has 6 heteroatoms. The molecular formula is C27H28N2O4. The van der Waals surface area contributed by atoms with Crippen molar-refractivity contribution in [3.05, 3.63) is 77.5 Å². The lowest BCUT2D eigenvalue weighted by Gasteiger charge is -2.38. The lowest BCUT2D eigenvalue weighted by molar-refractivity contribution is -0.161. The molecule has 2 aromatic carbocycles. The van der Waals surface area contributed by atoms with Gasteiger partial charge in [0.05, 0.1) is 7.11 Å². The maximum atomic E-state index is 12.5. The average Bonchev–Trinajstić information content (AvgIpc) is 2.81. The van der Waals surface area contributed by atoms with E-state index in [1.165, 1.54) is 7.11 Å². The van der Waals surface area contributed by atoms with E-state index in [9.17, 15) is 9.59 Å². The largest absolute Gasteiger partial charge is 0.476 e. The van der Waals surface area contributed by atoms with Crippen LogP contribution in [0.5, 0.6) is 5.88 Å². The van der Waals surface area contributed by atoms with Gasteiger partial charge in [-0.2, -0.15) is 0 Å². The molecule has 1 aliphatic rings. The number of nitrogens with zero attached hydrogens (tertiary/aromatic N) is 1. The van der Waals surface area contributed by atoms with Crippen LogP contribution in [0, 0.1) is 19.3 Å². The van der Waals surface area contributed by atoms with Gasteiger partial charge in [-0.15, -0.1) is 0 Å². The maximum absolute atomic E-state index is 12.5. The van der Waals surface area contributed by atoms with Gasteiger partial charge >= 0.3 is 5.97 Å². The number of hydrogen-bond donors (Lipinski definition) is 1. The molecule has 0 bridgehead atoms. The first-order valence-electron chi connectivity index (χ1n) is 11.1. The number of methoxy groups -OCH3 is 1. The highest BCUT2D eigenvalue weighted by Crippen LogP contribution is 2.42. The molecule has 1 saturated carbocycles. The number of rotatable bonds is 7. The summed E-state index contributed by atoms with van der Waals surface area (Å²) in [4.78, 5) is 28.9. The lowest BCUT2D eigenvalue weighted by Crippen LogP contribution is -2.44. The van der Waals surface area contributed by atoms with Crippen molar-refractivity contribution in [3.63, 3.8) is 0 Å². The SMILES string of the molecule is COC(=O)C1(COc2ccc(-c3ccc(NC(=O)c4ccc(C)c(C)c4)cc3)cn2)CCC1. The lowest BCUT2D eigenvalue weighted by atomic mass is 9.69. The van der Waals surface area contributed by atoms with Crippen LogP contribution in [-0.4, -0.2) is 30.6 Å². The zero-order chi connectivity index (χ0) is 23.4. The van der Waals surface area contributed by atoms with Gasteiger partial charge in [0.15, 0.2) is 0 Å². The van der Waals surface area contributed by atoms with Gasteiger partial charge in [-0.1, -0.05) is 24.6 Å². The number of nitrogens with one attached hydrogen (secondary N) is 1. The molecular weight excluding hydrogens is 416 g/mol. The summed E-state index contributed by atoms with van der Waals surface area (Å²) < 4.78 is 10.7. The summed E-state index contributed by atoms with van der Waals surface area (Å²) in [5.74, 6) is 0.131. The van der Waals surface area contributed by atoms with Crippen molar-refractivity contribution in [2.24, 2.45) is 5.41 Å². The molecule has 1 aliphatic carbocycles. The van der Waals surface area contributed by atoms with Crippen molar-refractivity contribution in [1.82, 2.24) is 4.98 Å². The van der Waals surface area contributed by atoms with E-state index in [1.807, 2.05) is 62.4 Å². The number of pyridine rings is 1. The fraction of sp³-hybridized carbons (Fsp3) is 0.296. The number of aromatic nitrogens is 1. The van der Waals surface area contributed by atoms with E-state index >= 15 is 0 Å². The molecule has 170 valence electrons. The number of anilines is 1. The van der Waals surface area contributed by atoms with Gasteiger partial charge in [-0.3, -0.25) is 9.59 Å². The van der Waals surface area contributed by atoms with Crippen LogP contribution in [0.4, 0.5) is 5.69 Å². The smallest absolute Gasteiger partial charge is 0.315 e. The Hall–Kier alpha value is -3.67. The highest BCUT2D eigenvalue weighted by molar-refractivity contribution is 6.04. The molecule has 6 nitrogen and oxygen atoms in total. The Morgan fingerprint density at radius 1 is 0.970 bits per heavy atom. The topological polar surface area (TPSA) is 77.5 Å². The van der Waals surface area contributed by atoms with E-state index in [-0.39, 0.29) is 18.5 Å². The summed E-state index contributed by atoms with van der Waals surface area (Å²) in [6, 6.07) is 17.0. The second-order valence-corrected chi connectivity index (χ2v) is 8.63. The Morgan fingerprint density at radius 3 is 2.27 bits per heavy atom. The van der Waals surface area contributed by atoms with Crippen LogP contribution in [0.1, 0.15) is 40.7 Å². The number of benzene rings is 2. The van der Waals surface area contributed by atoms with Crippen LogP contribution >= 0.6 is 0 Å². The van der Waals surface area contributed by atoms with E-state index in [0.29, 0.717) is 11.4 Å². The monoisotopic (exact) mass is 444 g/mol. The molecule has 1 aromatic heterocycles. The molecule has 1 fully saturated rings. The fourth-order valence-corrected chi connectivity index (χ4v) is 3.91. The predicted molar refractivity (Wildman–Crippen MR) is 127 cm³/mol. The summed E-state index contributed by atoms with van der Waals surface area (Å²) in [7, 11) is 1.41. The van der Waals surface area contributed by atoms with Crippen molar-refractivity contribution >= 4 is 17.6 Å². The Labute approximate surface area is 194 Å². The molecule has 4 rings (SSSR count). The molecule has 1 heterocycles. The summed E-state index contributed by atoms with van der Waals surface area (Å²) in [5, 5.41) is 2.94. The Balaban J connectivity index is 1.37. The molecule has 1 amide bonds. The highest BCUT2D eigenvalue weighted by atomic mass is 16.5. The number of ether oxygens (including phenoxy) is 2. The predicted octanol–water partition coefficient (Wildman–Crippen LogP) is 5.34. The van der Waals surface area contributed by atoms with Gasteiger partial charge in [0.2, 0.25) is 5.88 Å². The van der Waals surface area contributed by atoms with Crippen LogP contribution in [0.25, 0.3) is 11.1 Å². The minimum Gasteiger partial charge on any atom is -0.476 e. The van der Waals surface area contributed by atoms with E-state index in [0.717, 1.165) is 47.2 Å². The maximum Gasteiger partial charge on any atom is 0.315 e. The van der Waals surface area contributed by atoms with Crippen LogP contribution in [0.15, 0.2) is 60.8 Å². The molecule has 0 radical (unpaired) electrons. The van der Waals surface area contributed by atoms with Crippen LogP contribution in [0.2, 0.25) is 0 Å². The van der Waals surface area contributed by atoms with Gasteiger partial charge in [0, 0.05) is 29.1 Å². The zero-order valence-corrected chi connectivity index (χ0v) is 19.2. The molecule has 3 aromatic rings. The first kappa shape index (κ1) is 22.5. The quantitative estimate of drug-likeness (QED) is 0.498. The van der Waals surface area contributed by atoms with E-state index in [4.69, 9.17) is 9.47 Å². The Bertz CT molecular complexity index is 1150. The van der Waals surface area contributed by atoms with Crippen molar-refractivity contribution in [3.8, 4) is 17.0 Å². The number of amides is 1. The van der Waals surface area contributed by atoms with E-state index < -0.39 is 5.41 Å². The zero-order valence-electron chi connectivity index (χ0n) is 19.2. The number of carbonyl (C=O) groups excluding carboxylic acids is 2. The first-order valence-corrected chi connectivity index (χ1v) is 11.1. The second-order valence-electron chi connectivity index (χ2n) is 8.63. The van der Waals surface area contributed by atoms with Crippen molar-refractivity contribution in [2.45, 2.75) is 33.1 Å². The standard InChI is InChI=1S/C27H28N2O4/c1-18-5-6-21(15-19(18)2)25(30)29-23-10-7-20(8-11-23)22-9-12-24(28-16-22)33-17-27(13-4-14-27)26(31)32-3/h5-12,15-16H,4,13-14,17H2,1-3H3,(H,29,30). The van der Waals surface area contributed by atoms with Gasteiger partial charge in [-0.05, 0) is 73.7 Å². The molecule has 0 spiro atoms. The van der Waals surface area contributed by atoms with E-state index in [2.05, 4.69) is 10.3 Å². The minimum atomic E-state index is -0.535. The van der Waals surface area contributed by atoms with Gasteiger partial charge < -0.3 is 14.8 Å². The first-order chi connectivity index (χ1) is 15.9. The number of hydrogen-bond acceptors (Lipinski definition) is 5. The van der Waals surface area contributed by atoms with Gasteiger partial charge in [0.1, 0.15) is 12.0 Å². The average molecular weight is 445 g/mol. The molecule has 0 saturated heterocycles. The third-order valence-corrected chi connectivity index (χ3v) is 6.41. The molecule has 33 heavy (non-hydrogen) atoms. The highest BCUT2D eigenvalue weighted by Gasteiger charge is 2.46. The second kappa shape index (κ2) is 9.45. The van der Waals surface area contributed by atoms with Crippen LogP contribution in [0.3, 0.4) is 0 Å². The van der Waals surface area contributed by atoms with Crippen molar-refractivity contribution in [1.29, 1.82) is 0 Å². The third kappa shape index (κ3) is 4.90. The van der Waals surface area contributed by atoms with Crippen molar-refractivity contribution in [2.75, 3.05) is 19.0 Å². The summed E-state index contributed by atoms with van der Waals surface area (Å²) in [6.07, 6.45) is 4.31. The Morgan fingerprint density at radius 2 is 1.70 bits per heavy atom. The van der Waals surface area contributed by atoms with E-state index in [1.54, 1.807) is 12.3 Å². The van der Waals surface area contributed by atoms with Gasteiger partial charge in [0.25, 0.3) is 5.91 Å². The molecule has 1 N–H and O–H groups in total. The van der Waals surface area contributed by atoms with Crippen LogP contribution < -0.4 is 10.1 Å². The van der Waals surface area contributed by atoms with Crippen LogP contribution in [-0.2, 0) is 9.53 Å².